The maximum atomic E-state index is 11.8. The molecule has 0 unspecified atom stereocenters. The van der Waals surface area contributed by atoms with Crippen molar-refractivity contribution in [1.82, 2.24) is 0 Å². The van der Waals surface area contributed by atoms with Gasteiger partial charge in [0.05, 0.1) is 13.3 Å². The Morgan fingerprint density at radius 2 is 2.00 bits per heavy atom. The van der Waals surface area contributed by atoms with E-state index < -0.39 is 0 Å². The molecule has 0 saturated carbocycles. The second kappa shape index (κ2) is 7.68. The van der Waals surface area contributed by atoms with Gasteiger partial charge in [-0.1, -0.05) is 23.4 Å². The number of nitrogens with zero attached hydrogens (tertiary/aromatic N) is 1. The monoisotopic (exact) mass is 300 g/mol. The van der Waals surface area contributed by atoms with Crippen LogP contribution in [-0.4, -0.2) is 31.0 Å². The first-order chi connectivity index (χ1) is 10.7. The van der Waals surface area contributed by atoms with Gasteiger partial charge in [0.15, 0.2) is 18.1 Å². The highest BCUT2D eigenvalue weighted by atomic mass is 16.5. The average Bonchev–Trinajstić information content (AvgIpc) is 2.54. The Labute approximate surface area is 128 Å². The summed E-state index contributed by atoms with van der Waals surface area (Å²) in [5.41, 5.74) is 1.36. The van der Waals surface area contributed by atoms with Gasteiger partial charge in [-0.3, -0.25) is 4.79 Å². The van der Waals surface area contributed by atoms with E-state index in [1.54, 1.807) is 30.3 Å². The van der Waals surface area contributed by atoms with E-state index in [0.717, 1.165) is 0 Å². The lowest BCUT2D eigenvalue weighted by molar-refractivity contribution is -0.118. The Bertz CT molecular complexity index is 656. The zero-order valence-electron chi connectivity index (χ0n) is 12.0. The highest BCUT2D eigenvalue weighted by molar-refractivity contribution is 5.91. The zero-order chi connectivity index (χ0) is 15.8. The van der Waals surface area contributed by atoms with E-state index in [0.29, 0.717) is 22.7 Å². The van der Waals surface area contributed by atoms with Crippen LogP contribution in [0.2, 0.25) is 0 Å². The summed E-state index contributed by atoms with van der Waals surface area (Å²) in [7, 11) is 1.49. The van der Waals surface area contributed by atoms with E-state index in [1.165, 1.54) is 13.3 Å². The van der Waals surface area contributed by atoms with Crippen LogP contribution in [0.3, 0.4) is 0 Å². The van der Waals surface area contributed by atoms with Crippen LogP contribution in [0.5, 0.6) is 11.5 Å². The Balaban J connectivity index is 1.97. The summed E-state index contributed by atoms with van der Waals surface area (Å²) in [6.07, 6.45) is 1.27. The number of anilines is 1. The number of hydrogen-bond acceptors (Lipinski definition) is 5. The molecule has 0 bridgehead atoms. The van der Waals surface area contributed by atoms with Gasteiger partial charge in [-0.25, -0.2) is 0 Å². The van der Waals surface area contributed by atoms with Gasteiger partial charge in [-0.2, -0.15) is 0 Å². The Morgan fingerprint density at radius 1 is 1.23 bits per heavy atom. The Kier molecular flexibility index (Phi) is 5.37. The molecule has 0 aliphatic heterocycles. The van der Waals surface area contributed by atoms with Crippen molar-refractivity contribution in [3.63, 3.8) is 0 Å². The van der Waals surface area contributed by atoms with Crippen LogP contribution < -0.4 is 14.8 Å². The van der Waals surface area contributed by atoms with E-state index in [1.807, 2.05) is 18.2 Å². The molecule has 6 heteroatoms. The molecule has 0 aliphatic carbocycles. The van der Waals surface area contributed by atoms with E-state index >= 15 is 0 Å². The number of hydrogen-bond donors (Lipinski definition) is 2. The van der Waals surface area contributed by atoms with E-state index in [-0.39, 0.29) is 12.5 Å². The Morgan fingerprint density at radius 3 is 2.68 bits per heavy atom. The largest absolute Gasteiger partial charge is 0.493 e. The summed E-state index contributed by atoms with van der Waals surface area (Å²) in [6, 6.07) is 14.1. The topological polar surface area (TPSA) is 80.2 Å². The number of methoxy groups -OCH3 is 1. The molecule has 6 nitrogen and oxygen atoms in total. The van der Waals surface area contributed by atoms with Gasteiger partial charge < -0.3 is 20.0 Å². The fourth-order valence-corrected chi connectivity index (χ4v) is 1.81. The van der Waals surface area contributed by atoms with Gasteiger partial charge in [0.25, 0.3) is 5.91 Å². The van der Waals surface area contributed by atoms with Gasteiger partial charge in [0.2, 0.25) is 0 Å². The van der Waals surface area contributed by atoms with Crippen molar-refractivity contribution in [3.05, 3.63) is 54.1 Å². The number of para-hydroxylation sites is 1. The first-order valence-corrected chi connectivity index (χ1v) is 6.56. The molecular weight excluding hydrogens is 284 g/mol. The number of nitrogens with one attached hydrogen (secondary N) is 1. The summed E-state index contributed by atoms with van der Waals surface area (Å²) in [5, 5.41) is 14.2. The molecule has 2 aromatic carbocycles. The van der Waals surface area contributed by atoms with Crippen molar-refractivity contribution in [2.75, 3.05) is 19.0 Å². The normalized spacial score (nSPS) is 10.4. The number of oxime groups is 1. The number of amides is 1. The molecule has 0 atom stereocenters. The zero-order valence-corrected chi connectivity index (χ0v) is 12.0. The highest BCUT2D eigenvalue weighted by Crippen LogP contribution is 2.27. The molecule has 2 rings (SSSR count). The predicted octanol–water partition coefficient (Wildman–Crippen LogP) is 2.52. The Hall–Kier alpha value is -3.02. The lowest BCUT2D eigenvalue weighted by Crippen LogP contribution is -2.20. The number of carbonyl (C=O) groups excluding carboxylic acids is 1. The second-order valence-corrected chi connectivity index (χ2v) is 4.36. The third kappa shape index (κ3) is 4.24. The summed E-state index contributed by atoms with van der Waals surface area (Å²) in [5.74, 6) is 0.611. The molecule has 0 aliphatic rings. The number of ether oxygens (including phenoxy) is 2. The minimum atomic E-state index is -0.269. The van der Waals surface area contributed by atoms with Gasteiger partial charge in [-0.05, 0) is 30.3 Å². The summed E-state index contributed by atoms with van der Waals surface area (Å²) in [4.78, 5) is 11.8. The lowest BCUT2D eigenvalue weighted by atomic mass is 10.2. The maximum Gasteiger partial charge on any atom is 0.262 e. The molecule has 0 spiro atoms. The fraction of sp³-hybridized carbons (Fsp3) is 0.125. The lowest BCUT2D eigenvalue weighted by Gasteiger charge is -2.11. The van der Waals surface area contributed by atoms with Gasteiger partial charge in [-0.15, -0.1) is 0 Å². The quantitative estimate of drug-likeness (QED) is 0.488. The number of benzene rings is 2. The molecule has 2 aromatic rings. The second-order valence-electron chi connectivity index (χ2n) is 4.36. The molecule has 0 fully saturated rings. The van der Waals surface area contributed by atoms with Crippen LogP contribution in [0.25, 0.3) is 0 Å². The van der Waals surface area contributed by atoms with Crippen LogP contribution in [0.4, 0.5) is 5.69 Å². The standard InChI is InChI=1S/C16H16N2O4/c1-21-15-9-12(10-17-20)7-8-14(15)22-11-16(19)18-13-5-3-2-4-6-13/h2-10,20H,11H2,1H3,(H,18,19)/b17-10-. The minimum Gasteiger partial charge on any atom is -0.493 e. The third-order valence-corrected chi connectivity index (χ3v) is 2.81. The van der Waals surface area contributed by atoms with E-state index in [9.17, 15) is 4.79 Å². The van der Waals surface area contributed by atoms with Crippen molar-refractivity contribution >= 4 is 17.8 Å². The van der Waals surface area contributed by atoms with E-state index in [4.69, 9.17) is 14.7 Å². The fourth-order valence-electron chi connectivity index (χ4n) is 1.81. The molecular formula is C16H16N2O4. The molecule has 114 valence electrons. The minimum absolute atomic E-state index is 0.140. The molecule has 0 aromatic heterocycles. The molecule has 1 amide bonds. The molecule has 0 radical (unpaired) electrons. The van der Waals surface area contributed by atoms with Crippen LogP contribution >= 0.6 is 0 Å². The van der Waals surface area contributed by atoms with Crippen LogP contribution in [0.15, 0.2) is 53.7 Å². The van der Waals surface area contributed by atoms with Gasteiger partial charge in [0, 0.05) is 11.3 Å². The van der Waals surface area contributed by atoms with Crippen molar-refractivity contribution in [2.24, 2.45) is 5.16 Å². The average molecular weight is 300 g/mol. The van der Waals surface area contributed by atoms with Crippen molar-refractivity contribution in [3.8, 4) is 11.5 Å². The first kappa shape index (κ1) is 15.4. The summed E-state index contributed by atoms with van der Waals surface area (Å²) in [6.45, 7) is -0.140. The van der Waals surface area contributed by atoms with Crippen molar-refractivity contribution < 1.29 is 19.5 Å². The molecule has 0 heterocycles. The maximum absolute atomic E-state index is 11.8. The van der Waals surface area contributed by atoms with Crippen molar-refractivity contribution in [2.45, 2.75) is 0 Å². The van der Waals surface area contributed by atoms with Crippen LogP contribution in [0.1, 0.15) is 5.56 Å². The summed E-state index contributed by atoms with van der Waals surface area (Å²) < 4.78 is 10.6. The smallest absolute Gasteiger partial charge is 0.262 e. The molecule has 2 N–H and O–H groups in total. The summed E-state index contributed by atoms with van der Waals surface area (Å²) >= 11 is 0. The molecule has 0 saturated heterocycles. The number of carbonyl (C=O) groups is 1. The number of rotatable bonds is 6. The third-order valence-electron chi connectivity index (χ3n) is 2.81. The van der Waals surface area contributed by atoms with Crippen LogP contribution in [0, 0.1) is 0 Å². The first-order valence-electron chi connectivity index (χ1n) is 6.56. The van der Waals surface area contributed by atoms with Gasteiger partial charge in [0.1, 0.15) is 0 Å². The van der Waals surface area contributed by atoms with Crippen LogP contribution in [-0.2, 0) is 4.79 Å². The van der Waals surface area contributed by atoms with E-state index in [2.05, 4.69) is 10.5 Å². The van der Waals surface area contributed by atoms with Crippen molar-refractivity contribution in [1.29, 1.82) is 0 Å². The predicted molar refractivity (Wildman–Crippen MR) is 82.9 cm³/mol. The van der Waals surface area contributed by atoms with Gasteiger partial charge >= 0.3 is 0 Å². The SMILES string of the molecule is COc1cc(/C=N\O)ccc1OCC(=O)Nc1ccccc1. The molecule has 22 heavy (non-hydrogen) atoms. The highest BCUT2D eigenvalue weighted by Gasteiger charge is 2.08.